The van der Waals surface area contributed by atoms with Crippen LogP contribution in [0.5, 0.6) is 0 Å². The zero-order valence-electron chi connectivity index (χ0n) is 11.6. The predicted molar refractivity (Wildman–Crippen MR) is 63.5 cm³/mol. The second-order valence-corrected chi connectivity index (χ2v) is 3.54. The van der Waals surface area contributed by atoms with E-state index in [1.807, 2.05) is 0 Å². The topological polar surface area (TPSA) is 114 Å². The van der Waals surface area contributed by atoms with Crippen LogP contribution in [-0.4, -0.2) is 16.2 Å². The van der Waals surface area contributed by atoms with E-state index >= 15 is 0 Å². The Hall–Kier alpha value is -1.66. The number of rotatable bonds is 2. The van der Waals surface area contributed by atoms with Gasteiger partial charge in [0.05, 0.1) is 0 Å². The van der Waals surface area contributed by atoms with E-state index < -0.39 is 0 Å². The minimum atomic E-state index is 0.892. The van der Waals surface area contributed by atoms with Crippen molar-refractivity contribution >= 4 is 4.57 Å². The second kappa shape index (κ2) is 24.4. The van der Waals surface area contributed by atoms with Gasteiger partial charge in [0.2, 0.25) is 0 Å². The van der Waals surface area contributed by atoms with Crippen molar-refractivity contribution in [3.05, 3.63) is 56.8 Å². The van der Waals surface area contributed by atoms with Gasteiger partial charge in [0.1, 0.15) is 0 Å². The molecule has 0 aromatic carbocycles. The fraction of sp³-hybridized carbons (Fsp3) is 0.286. The molecular formula is C14H11CrNO6. The number of hydrogen-bond donors (Lipinski definition) is 0. The summed E-state index contributed by atoms with van der Waals surface area (Å²) in [7, 11) is 1.70. The molecule has 0 saturated heterocycles. The van der Waals surface area contributed by atoms with E-state index in [4.69, 9.17) is 28.0 Å². The molecule has 1 aromatic rings. The van der Waals surface area contributed by atoms with E-state index in [0.29, 0.717) is 0 Å². The number of ether oxygens (including phenoxy) is 1. The molecule has 1 aliphatic rings. The first-order valence-corrected chi connectivity index (χ1v) is 5.75. The molecule has 0 radical (unpaired) electrons. The maximum absolute atomic E-state index is 7.50. The fourth-order valence-electron chi connectivity index (χ4n) is 1.69. The van der Waals surface area contributed by atoms with E-state index in [2.05, 4.69) is 65.8 Å². The van der Waals surface area contributed by atoms with Crippen LogP contribution < -0.4 is 0 Å². The van der Waals surface area contributed by atoms with Crippen LogP contribution in [0.3, 0.4) is 0 Å². The third kappa shape index (κ3) is 10.1. The molecule has 7 nitrogen and oxygen atoms in total. The van der Waals surface area contributed by atoms with Gasteiger partial charge in [-0.25, -0.2) is 0 Å². The normalized spacial score (nSPS) is 8.50. The Balaban J connectivity index is -0.000000139. The summed E-state index contributed by atoms with van der Waals surface area (Å²) in [6.45, 7) is 23.6. The number of aromatic nitrogens is 1. The summed E-state index contributed by atoms with van der Waals surface area (Å²) >= 11 is 2.93. The van der Waals surface area contributed by atoms with E-state index in [0.717, 1.165) is 11.1 Å². The van der Waals surface area contributed by atoms with Crippen molar-refractivity contribution < 1.29 is 43.8 Å². The Bertz CT molecular complexity index is 475. The predicted octanol–water partition coefficient (Wildman–Crippen LogP) is 0.918. The molecule has 0 bridgehead atoms. The van der Waals surface area contributed by atoms with Crippen molar-refractivity contribution in [2.45, 2.75) is 19.4 Å². The van der Waals surface area contributed by atoms with Crippen molar-refractivity contribution in [3.8, 4) is 0 Å². The third-order valence-electron chi connectivity index (χ3n) is 2.28. The molecule has 2 heterocycles. The molecule has 0 N–H and O–H groups in total. The van der Waals surface area contributed by atoms with Crippen LogP contribution in [0.1, 0.15) is 17.8 Å². The Labute approximate surface area is 136 Å². The average molecular weight is 341 g/mol. The van der Waals surface area contributed by atoms with Gasteiger partial charge in [-0.15, -0.1) is 0 Å². The average Bonchev–Trinajstić information content (AvgIpc) is 3.26. The van der Waals surface area contributed by atoms with Gasteiger partial charge in [-0.2, -0.15) is 0 Å². The molecule has 0 spiro atoms. The van der Waals surface area contributed by atoms with Crippen molar-refractivity contribution in [3.63, 3.8) is 0 Å². The first-order valence-electron chi connectivity index (χ1n) is 5.11. The zero-order valence-corrected chi connectivity index (χ0v) is 12.9. The molecule has 114 valence electrons. The molecule has 0 atom stereocenters. The monoisotopic (exact) mass is 341 g/mol. The molecule has 8 heteroatoms. The van der Waals surface area contributed by atoms with Crippen molar-refractivity contribution in [2.24, 2.45) is 0 Å². The molecule has 0 fully saturated rings. The van der Waals surface area contributed by atoms with Crippen LogP contribution in [-0.2, 0) is 56.8 Å². The SMILES string of the molecule is CO[C](=[Cr])c1ccc2n1CCC2.[C-]#[O+].[C-]#[O+].[C-]#[O+].[C-]#[O+].[C-]#[O+]. The van der Waals surface area contributed by atoms with Gasteiger partial charge in [0.25, 0.3) is 0 Å². The number of aryl methyl sites for hydroxylation is 1. The Morgan fingerprint density at radius 2 is 1.45 bits per heavy atom. The van der Waals surface area contributed by atoms with Gasteiger partial charge in [0.15, 0.2) is 0 Å². The van der Waals surface area contributed by atoms with E-state index in [9.17, 15) is 0 Å². The Kier molecular flexibility index (Phi) is 31.6. The van der Waals surface area contributed by atoms with Crippen LogP contribution in [0.25, 0.3) is 0 Å². The summed E-state index contributed by atoms with van der Waals surface area (Å²) in [5.74, 6) is 0. The molecule has 0 saturated carbocycles. The summed E-state index contributed by atoms with van der Waals surface area (Å²) in [6, 6.07) is 4.29. The van der Waals surface area contributed by atoms with Crippen LogP contribution in [0, 0.1) is 33.3 Å². The van der Waals surface area contributed by atoms with Crippen LogP contribution >= 0.6 is 0 Å². The molecule has 1 aromatic heterocycles. The number of nitrogens with zero attached hydrogens (tertiary/aromatic N) is 1. The Morgan fingerprint density at radius 3 is 1.86 bits per heavy atom. The van der Waals surface area contributed by atoms with Gasteiger partial charge < -0.3 is 0 Å². The van der Waals surface area contributed by atoms with Gasteiger partial charge >= 0.3 is 136 Å². The molecule has 1 aliphatic heterocycles. The summed E-state index contributed by atoms with van der Waals surface area (Å²) in [4.78, 5) is 0. The fourth-order valence-corrected chi connectivity index (χ4v) is 1.97. The number of methoxy groups -OCH3 is 1. The molecule has 2 rings (SSSR count). The number of fused-ring (bicyclic) bond motifs is 1. The van der Waals surface area contributed by atoms with Crippen LogP contribution in [0.4, 0.5) is 0 Å². The van der Waals surface area contributed by atoms with Crippen LogP contribution in [0.15, 0.2) is 12.1 Å². The van der Waals surface area contributed by atoms with Crippen molar-refractivity contribution in [1.82, 2.24) is 4.57 Å². The first kappa shape index (κ1) is 28.5. The van der Waals surface area contributed by atoms with Crippen molar-refractivity contribution in [2.75, 3.05) is 7.11 Å². The summed E-state index contributed by atoms with van der Waals surface area (Å²) < 4.78 is 45.9. The minimum absolute atomic E-state index is 0.892. The van der Waals surface area contributed by atoms with E-state index in [1.54, 1.807) is 7.11 Å². The third-order valence-corrected chi connectivity index (χ3v) is 2.87. The maximum atomic E-state index is 7.50. The Morgan fingerprint density at radius 1 is 1.00 bits per heavy atom. The van der Waals surface area contributed by atoms with E-state index in [-0.39, 0.29) is 0 Å². The molecule has 0 amide bonds. The molecule has 0 unspecified atom stereocenters. The van der Waals surface area contributed by atoms with E-state index in [1.165, 1.54) is 24.2 Å². The van der Waals surface area contributed by atoms with Gasteiger partial charge in [-0.3, -0.25) is 0 Å². The van der Waals surface area contributed by atoms with Gasteiger partial charge in [-0.1, -0.05) is 0 Å². The molecular weight excluding hydrogens is 330 g/mol. The first-order chi connectivity index (χ1) is 10.8. The summed E-state index contributed by atoms with van der Waals surface area (Å²) in [5.41, 5.74) is 2.61. The second-order valence-electron chi connectivity index (χ2n) is 2.96. The standard InChI is InChI=1S/C9H11NO.5CO.Cr/c1-11-7-9-5-4-8-3-2-6-10(8)9;5*1-2;/h4-5H,2-3,6H2,1H3;;;;;;. The number of hydrogen-bond acceptors (Lipinski definition) is 1. The summed E-state index contributed by atoms with van der Waals surface area (Å²) in [5, 5.41) is 0. The van der Waals surface area contributed by atoms with Gasteiger partial charge in [-0.05, 0) is 0 Å². The summed E-state index contributed by atoms with van der Waals surface area (Å²) in [6.07, 6.45) is 2.47. The molecule has 22 heavy (non-hydrogen) atoms. The van der Waals surface area contributed by atoms with Crippen LogP contribution in [0.2, 0.25) is 0 Å². The van der Waals surface area contributed by atoms with Crippen molar-refractivity contribution in [1.29, 1.82) is 0 Å². The zero-order chi connectivity index (χ0) is 18.6. The van der Waals surface area contributed by atoms with Gasteiger partial charge in [0, 0.05) is 0 Å². The quantitative estimate of drug-likeness (QED) is 0.578. The molecule has 0 aliphatic carbocycles.